The van der Waals surface area contributed by atoms with Gasteiger partial charge >= 0.3 is 5.97 Å². The number of fused-ring (bicyclic) bond motifs is 1. The number of benzene rings is 2. The Balaban J connectivity index is 1.81. The summed E-state index contributed by atoms with van der Waals surface area (Å²) in [7, 11) is 0. The van der Waals surface area contributed by atoms with Gasteiger partial charge in [0.1, 0.15) is 0 Å². The van der Waals surface area contributed by atoms with E-state index < -0.39 is 11.6 Å². The van der Waals surface area contributed by atoms with E-state index in [9.17, 15) is 9.59 Å². The lowest BCUT2D eigenvalue weighted by Gasteiger charge is -2.34. The van der Waals surface area contributed by atoms with Gasteiger partial charge in [-0.1, -0.05) is 42.0 Å². The molecule has 0 saturated heterocycles. The molecule has 130 valence electrons. The first-order valence-corrected chi connectivity index (χ1v) is 8.49. The summed E-state index contributed by atoms with van der Waals surface area (Å²) < 4.78 is 5.50. The summed E-state index contributed by atoms with van der Waals surface area (Å²) in [6.45, 7) is 7.67. The zero-order chi connectivity index (χ0) is 18.2. The molecule has 0 saturated carbocycles. The molecule has 0 aromatic heterocycles. The van der Waals surface area contributed by atoms with Gasteiger partial charge in [-0.3, -0.25) is 4.79 Å². The van der Waals surface area contributed by atoms with Crippen molar-refractivity contribution < 1.29 is 14.3 Å². The van der Waals surface area contributed by atoms with E-state index in [2.05, 4.69) is 17.4 Å². The van der Waals surface area contributed by atoms with E-state index in [1.807, 2.05) is 39.0 Å². The molecule has 2 aromatic rings. The van der Waals surface area contributed by atoms with Gasteiger partial charge in [0.25, 0.3) is 5.91 Å². The van der Waals surface area contributed by atoms with Gasteiger partial charge in [-0.05, 0) is 50.5 Å². The Labute approximate surface area is 148 Å². The minimum absolute atomic E-state index is 0.167. The van der Waals surface area contributed by atoms with E-state index >= 15 is 0 Å². The number of carbonyl (C=O) groups is 2. The Morgan fingerprint density at radius 3 is 2.68 bits per heavy atom. The van der Waals surface area contributed by atoms with Gasteiger partial charge in [-0.2, -0.15) is 0 Å². The average molecular weight is 337 g/mol. The quantitative estimate of drug-likeness (QED) is 0.870. The standard InChI is InChI=1S/C21H23NO3/c1-13-9-10-14(2)18(11-13)15(3)22-20(24)21(4)12-16-7-5-6-8-17(16)19(23)25-21/h5-11,15H,12H2,1-4H3,(H,22,24)/t15-,21+/m1/s1. The fourth-order valence-electron chi connectivity index (χ4n) is 3.31. The maximum atomic E-state index is 12.9. The van der Waals surface area contributed by atoms with Gasteiger partial charge in [0, 0.05) is 6.42 Å². The van der Waals surface area contributed by atoms with Crippen LogP contribution in [0.4, 0.5) is 0 Å². The molecule has 0 bridgehead atoms. The predicted molar refractivity (Wildman–Crippen MR) is 96.4 cm³/mol. The molecular formula is C21H23NO3. The van der Waals surface area contributed by atoms with E-state index in [0.29, 0.717) is 12.0 Å². The lowest BCUT2D eigenvalue weighted by atomic mass is 9.89. The molecule has 25 heavy (non-hydrogen) atoms. The summed E-state index contributed by atoms with van der Waals surface area (Å²) in [4.78, 5) is 25.1. The molecule has 1 aliphatic rings. The van der Waals surface area contributed by atoms with Crippen LogP contribution in [-0.2, 0) is 16.0 Å². The van der Waals surface area contributed by atoms with Gasteiger partial charge in [-0.15, -0.1) is 0 Å². The van der Waals surface area contributed by atoms with Crippen LogP contribution in [0.25, 0.3) is 0 Å². The maximum absolute atomic E-state index is 12.9. The molecule has 1 heterocycles. The number of ether oxygens (including phenoxy) is 1. The molecular weight excluding hydrogens is 314 g/mol. The summed E-state index contributed by atoms with van der Waals surface area (Å²) in [6.07, 6.45) is 0.375. The number of carbonyl (C=O) groups excluding carboxylic acids is 2. The molecule has 0 spiro atoms. The Kier molecular flexibility index (Phi) is 4.38. The van der Waals surface area contributed by atoms with Crippen molar-refractivity contribution in [2.45, 2.75) is 45.8 Å². The number of rotatable bonds is 3. The van der Waals surface area contributed by atoms with Crippen LogP contribution in [0.5, 0.6) is 0 Å². The summed E-state index contributed by atoms with van der Waals surface area (Å²) in [5.41, 5.74) is 3.52. The third kappa shape index (κ3) is 3.29. The summed E-state index contributed by atoms with van der Waals surface area (Å²) in [6, 6.07) is 13.3. The van der Waals surface area contributed by atoms with E-state index in [1.165, 1.54) is 0 Å². The van der Waals surface area contributed by atoms with E-state index in [-0.39, 0.29) is 11.9 Å². The van der Waals surface area contributed by atoms with Gasteiger partial charge in [0.15, 0.2) is 5.60 Å². The summed E-state index contributed by atoms with van der Waals surface area (Å²) in [5, 5.41) is 3.01. The largest absolute Gasteiger partial charge is 0.445 e. The third-order valence-electron chi connectivity index (χ3n) is 4.81. The summed E-state index contributed by atoms with van der Waals surface area (Å²) in [5.74, 6) is -0.720. The summed E-state index contributed by atoms with van der Waals surface area (Å²) >= 11 is 0. The molecule has 3 rings (SSSR count). The molecule has 4 heteroatoms. The van der Waals surface area contributed by atoms with Crippen molar-refractivity contribution in [1.82, 2.24) is 5.32 Å². The predicted octanol–water partition coefficient (Wildman–Crippen LogP) is 3.65. The van der Waals surface area contributed by atoms with Crippen molar-refractivity contribution >= 4 is 11.9 Å². The fourth-order valence-corrected chi connectivity index (χ4v) is 3.31. The Bertz CT molecular complexity index is 843. The van der Waals surface area contributed by atoms with Crippen LogP contribution in [-0.4, -0.2) is 17.5 Å². The first kappa shape index (κ1) is 17.2. The first-order valence-electron chi connectivity index (χ1n) is 8.49. The van der Waals surface area contributed by atoms with Gasteiger partial charge in [0.05, 0.1) is 11.6 Å². The van der Waals surface area contributed by atoms with Crippen molar-refractivity contribution in [2.24, 2.45) is 0 Å². The van der Waals surface area contributed by atoms with Crippen molar-refractivity contribution in [3.8, 4) is 0 Å². The minimum Gasteiger partial charge on any atom is -0.445 e. The minimum atomic E-state index is -1.20. The molecule has 4 nitrogen and oxygen atoms in total. The van der Waals surface area contributed by atoms with Crippen molar-refractivity contribution in [3.05, 3.63) is 70.3 Å². The first-order chi connectivity index (χ1) is 11.8. The average Bonchev–Trinajstić information content (AvgIpc) is 2.56. The number of esters is 1. The van der Waals surface area contributed by atoms with Crippen LogP contribution in [0.1, 0.15) is 52.5 Å². The molecule has 2 atom stereocenters. The zero-order valence-corrected chi connectivity index (χ0v) is 15.1. The second kappa shape index (κ2) is 6.36. The van der Waals surface area contributed by atoms with E-state index in [4.69, 9.17) is 4.74 Å². The molecule has 1 amide bonds. The number of hydrogen-bond acceptors (Lipinski definition) is 3. The topological polar surface area (TPSA) is 55.4 Å². The smallest absolute Gasteiger partial charge is 0.339 e. The fraction of sp³-hybridized carbons (Fsp3) is 0.333. The van der Waals surface area contributed by atoms with Crippen LogP contribution < -0.4 is 5.32 Å². The Morgan fingerprint density at radius 1 is 1.20 bits per heavy atom. The molecule has 0 fully saturated rings. The molecule has 1 N–H and O–H groups in total. The van der Waals surface area contributed by atoms with Crippen LogP contribution >= 0.6 is 0 Å². The normalized spacial score (nSPS) is 20.4. The van der Waals surface area contributed by atoms with Crippen molar-refractivity contribution in [1.29, 1.82) is 0 Å². The number of hydrogen-bond donors (Lipinski definition) is 1. The second-order valence-electron chi connectivity index (χ2n) is 7.01. The van der Waals surface area contributed by atoms with E-state index in [0.717, 1.165) is 22.3 Å². The van der Waals surface area contributed by atoms with Gasteiger partial charge in [0.2, 0.25) is 0 Å². The highest BCUT2D eigenvalue weighted by atomic mass is 16.6. The molecule has 2 aromatic carbocycles. The van der Waals surface area contributed by atoms with Crippen LogP contribution in [0.15, 0.2) is 42.5 Å². The van der Waals surface area contributed by atoms with Crippen LogP contribution in [0.2, 0.25) is 0 Å². The number of nitrogens with one attached hydrogen (secondary N) is 1. The van der Waals surface area contributed by atoms with E-state index in [1.54, 1.807) is 19.1 Å². The number of cyclic esters (lactones) is 1. The molecule has 0 radical (unpaired) electrons. The lowest BCUT2D eigenvalue weighted by Crippen LogP contribution is -2.52. The molecule has 1 aliphatic heterocycles. The molecule has 0 aliphatic carbocycles. The highest BCUT2D eigenvalue weighted by Crippen LogP contribution is 2.29. The Hall–Kier alpha value is -2.62. The Morgan fingerprint density at radius 2 is 1.92 bits per heavy atom. The highest BCUT2D eigenvalue weighted by molar-refractivity contribution is 5.97. The second-order valence-corrected chi connectivity index (χ2v) is 7.01. The van der Waals surface area contributed by atoms with Crippen molar-refractivity contribution in [3.63, 3.8) is 0 Å². The third-order valence-corrected chi connectivity index (χ3v) is 4.81. The lowest BCUT2D eigenvalue weighted by molar-refractivity contribution is -0.140. The monoisotopic (exact) mass is 337 g/mol. The number of amides is 1. The SMILES string of the molecule is Cc1ccc(C)c([C@@H](C)NC(=O)[C@]2(C)Cc3ccccc3C(=O)O2)c1. The van der Waals surface area contributed by atoms with Gasteiger partial charge < -0.3 is 10.1 Å². The highest BCUT2D eigenvalue weighted by Gasteiger charge is 2.43. The number of aryl methyl sites for hydroxylation is 2. The zero-order valence-electron chi connectivity index (χ0n) is 15.1. The molecule has 0 unspecified atom stereocenters. The van der Waals surface area contributed by atoms with Crippen LogP contribution in [0, 0.1) is 13.8 Å². The maximum Gasteiger partial charge on any atom is 0.339 e. The van der Waals surface area contributed by atoms with Crippen LogP contribution in [0.3, 0.4) is 0 Å². The van der Waals surface area contributed by atoms with Gasteiger partial charge in [-0.25, -0.2) is 4.79 Å². The van der Waals surface area contributed by atoms with Crippen molar-refractivity contribution in [2.75, 3.05) is 0 Å².